The fourth-order valence-corrected chi connectivity index (χ4v) is 1.18. The number of nitrogens with one attached hydrogen (secondary N) is 2. The SMILES string of the molecule is N=C(N)NC(=O)/C=C/c1ccc(Br)cc1. The third kappa shape index (κ3) is 4.42. The third-order valence-electron chi connectivity index (χ3n) is 1.56. The second kappa shape index (κ2) is 5.31. The predicted octanol–water partition coefficient (Wildman–Crippen LogP) is 1.47. The summed E-state index contributed by atoms with van der Waals surface area (Å²) in [5.41, 5.74) is 5.89. The van der Waals surface area contributed by atoms with Gasteiger partial charge in [-0.3, -0.25) is 15.5 Å². The van der Waals surface area contributed by atoms with Gasteiger partial charge in [0.1, 0.15) is 0 Å². The molecule has 0 radical (unpaired) electrons. The topological polar surface area (TPSA) is 79.0 Å². The minimum atomic E-state index is -0.412. The maximum absolute atomic E-state index is 11.1. The van der Waals surface area contributed by atoms with E-state index in [1.807, 2.05) is 24.3 Å². The lowest BCUT2D eigenvalue weighted by Crippen LogP contribution is -2.34. The van der Waals surface area contributed by atoms with E-state index in [4.69, 9.17) is 11.1 Å². The van der Waals surface area contributed by atoms with Gasteiger partial charge in [0.05, 0.1) is 0 Å². The van der Waals surface area contributed by atoms with Crippen LogP contribution >= 0.6 is 15.9 Å². The minimum Gasteiger partial charge on any atom is -0.370 e. The first-order valence-electron chi connectivity index (χ1n) is 4.16. The van der Waals surface area contributed by atoms with Crippen LogP contribution < -0.4 is 11.1 Å². The molecule has 0 spiro atoms. The molecule has 0 aliphatic rings. The summed E-state index contributed by atoms with van der Waals surface area (Å²) in [6.07, 6.45) is 2.97. The van der Waals surface area contributed by atoms with Gasteiger partial charge >= 0.3 is 0 Å². The van der Waals surface area contributed by atoms with Crippen LogP contribution in [0.4, 0.5) is 0 Å². The molecular weight excluding hydrogens is 258 g/mol. The predicted molar refractivity (Wildman–Crippen MR) is 63.2 cm³/mol. The van der Waals surface area contributed by atoms with E-state index in [2.05, 4.69) is 21.2 Å². The summed E-state index contributed by atoms with van der Waals surface area (Å²) >= 11 is 3.31. The Morgan fingerprint density at radius 1 is 1.40 bits per heavy atom. The lowest BCUT2D eigenvalue weighted by Gasteiger charge is -1.96. The second-order valence-electron chi connectivity index (χ2n) is 2.79. The van der Waals surface area contributed by atoms with E-state index in [0.29, 0.717) is 0 Å². The second-order valence-corrected chi connectivity index (χ2v) is 3.70. The normalized spacial score (nSPS) is 10.2. The van der Waals surface area contributed by atoms with E-state index in [1.165, 1.54) is 6.08 Å². The summed E-state index contributed by atoms with van der Waals surface area (Å²) in [6.45, 7) is 0. The Hall–Kier alpha value is -1.62. The number of guanidine groups is 1. The molecule has 0 bridgehead atoms. The molecule has 0 aromatic heterocycles. The molecule has 4 nitrogen and oxygen atoms in total. The van der Waals surface area contributed by atoms with Crippen LogP contribution in [0.3, 0.4) is 0 Å². The number of carbonyl (C=O) groups is 1. The van der Waals surface area contributed by atoms with Crippen molar-refractivity contribution < 1.29 is 4.79 Å². The summed E-state index contributed by atoms with van der Waals surface area (Å²) in [7, 11) is 0. The van der Waals surface area contributed by atoms with Crippen molar-refractivity contribution in [2.24, 2.45) is 5.73 Å². The largest absolute Gasteiger partial charge is 0.370 e. The number of nitrogens with two attached hydrogens (primary N) is 1. The fourth-order valence-electron chi connectivity index (χ4n) is 0.920. The van der Waals surface area contributed by atoms with Gasteiger partial charge in [0.15, 0.2) is 5.96 Å². The maximum atomic E-state index is 11.1. The molecule has 0 unspecified atom stereocenters. The molecule has 5 heteroatoms. The van der Waals surface area contributed by atoms with Crippen LogP contribution in [0.25, 0.3) is 6.08 Å². The highest BCUT2D eigenvalue weighted by molar-refractivity contribution is 9.10. The Morgan fingerprint density at radius 3 is 2.53 bits per heavy atom. The van der Waals surface area contributed by atoms with Gasteiger partial charge in [0, 0.05) is 10.5 Å². The highest BCUT2D eigenvalue weighted by Gasteiger charge is 1.95. The monoisotopic (exact) mass is 267 g/mol. The van der Waals surface area contributed by atoms with Crippen LogP contribution in [-0.4, -0.2) is 11.9 Å². The fraction of sp³-hybridized carbons (Fsp3) is 0. The Morgan fingerprint density at radius 2 is 2.00 bits per heavy atom. The first-order chi connectivity index (χ1) is 7.08. The number of halogens is 1. The highest BCUT2D eigenvalue weighted by Crippen LogP contribution is 2.11. The van der Waals surface area contributed by atoms with Crippen molar-refractivity contribution in [2.75, 3.05) is 0 Å². The highest BCUT2D eigenvalue weighted by atomic mass is 79.9. The number of rotatable bonds is 2. The van der Waals surface area contributed by atoms with E-state index in [9.17, 15) is 4.79 Å². The van der Waals surface area contributed by atoms with Crippen molar-refractivity contribution in [2.45, 2.75) is 0 Å². The molecule has 15 heavy (non-hydrogen) atoms. The molecule has 0 aliphatic carbocycles. The summed E-state index contributed by atoms with van der Waals surface area (Å²) in [6, 6.07) is 7.48. The van der Waals surface area contributed by atoms with Gasteiger partial charge < -0.3 is 5.73 Å². The Labute approximate surface area is 95.8 Å². The van der Waals surface area contributed by atoms with Gasteiger partial charge in [-0.05, 0) is 23.8 Å². The van der Waals surface area contributed by atoms with Crippen molar-refractivity contribution in [1.29, 1.82) is 5.41 Å². The Balaban J connectivity index is 2.61. The maximum Gasteiger partial charge on any atom is 0.250 e. The number of hydrogen-bond acceptors (Lipinski definition) is 2. The molecule has 78 valence electrons. The molecule has 0 atom stereocenters. The van der Waals surface area contributed by atoms with Gasteiger partial charge in [-0.2, -0.15) is 0 Å². The molecule has 4 N–H and O–H groups in total. The van der Waals surface area contributed by atoms with E-state index in [0.717, 1.165) is 10.0 Å². The zero-order valence-electron chi connectivity index (χ0n) is 7.83. The van der Waals surface area contributed by atoms with Crippen LogP contribution in [0.1, 0.15) is 5.56 Å². The van der Waals surface area contributed by atoms with Crippen molar-refractivity contribution >= 4 is 33.9 Å². The van der Waals surface area contributed by atoms with Gasteiger partial charge in [0.25, 0.3) is 5.91 Å². The van der Waals surface area contributed by atoms with Crippen molar-refractivity contribution in [3.8, 4) is 0 Å². The summed E-state index contributed by atoms with van der Waals surface area (Å²) in [5, 5.41) is 8.99. The van der Waals surface area contributed by atoms with E-state index in [-0.39, 0.29) is 5.96 Å². The number of benzene rings is 1. The zero-order valence-corrected chi connectivity index (χ0v) is 9.41. The van der Waals surface area contributed by atoms with Gasteiger partial charge in [-0.15, -0.1) is 0 Å². The Bertz CT molecular complexity index is 398. The van der Waals surface area contributed by atoms with Crippen molar-refractivity contribution in [3.63, 3.8) is 0 Å². The molecule has 0 fully saturated rings. The van der Waals surface area contributed by atoms with E-state index < -0.39 is 5.91 Å². The van der Waals surface area contributed by atoms with Crippen molar-refractivity contribution in [3.05, 3.63) is 40.4 Å². The summed E-state index contributed by atoms with van der Waals surface area (Å²) < 4.78 is 0.979. The molecule has 1 rings (SSSR count). The van der Waals surface area contributed by atoms with Gasteiger partial charge in [-0.1, -0.05) is 28.1 Å². The minimum absolute atomic E-state index is 0.361. The molecule has 1 amide bonds. The van der Waals surface area contributed by atoms with Crippen LogP contribution in [0.2, 0.25) is 0 Å². The van der Waals surface area contributed by atoms with Crippen LogP contribution in [-0.2, 0) is 4.79 Å². The average molecular weight is 268 g/mol. The van der Waals surface area contributed by atoms with Crippen molar-refractivity contribution in [1.82, 2.24) is 5.32 Å². The summed E-state index contributed by atoms with van der Waals surface area (Å²) in [4.78, 5) is 11.1. The molecule has 0 saturated heterocycles. The molecule has 1 aromatic rings. The molecular formula is C10H10BrN3O. The standard InChI is InChI=1S/C10H10BrN3O/c11-8-4-1-7(2-5-8)3-6-9(15)14-10(12)13/h1-6H,(H4,12,13,14,15)/b6-3+. The third-order valence-corrected chi connectivity index (χ3v) is 2.08. The summed E-state index contributed by atoms with van der Waals surface area (Å²) in [5.74, 6) is -0.772. The number of amides is 1. The van der Waals surface area contributed by atoms with E-state index in [1.54, 1.807) is 6.08 Å². The zero-order chi connectivity index (χ0) is 11.3. The molecule has 0 aliphatic heterocycles. The average Bonchev–Trinajstić information content (AvgIpc) is 2.16. The lowest BCUT2D eigenvalue weighted by molar-refractivity contribution is -0.115. The number of hydrogen-bond donors (Lipinski definition) is 3. The molecule has 0 heterocycles. The molecule has 0 saturated carbocycles. The van der Waals surface area contributed by atoms with Crippen LogP contribution in [0.5, 0.6) is 0 Å². The Kier molecular flexibility index (Phi) is 4.05. The van der Waals surface area contributed by atoms with Gasteiger partial charge in [0.2, 0.25) is 0 Å². The van der Waals surface area contributed by atoms with E-state index >= 15 is 0 Å². The van der Waals surface area contributed by atoms with Crippen LogP contribution in [0.15, 0.2) is 34.8 Å². The molecule has 1 aromatic carbocycles. The van der Waals surface area contributed by atoms with Gasteiger partial charge in [-0.25, -0.2) is 0 Å². The van der Waals surface area contributed by atoms with Crippen LogP contribution in [0, 0.1) is 5.41 Å². The quantitative estimate of drug-likeness (QED) is 0.431. The first-order valence-corrected chi connectivity index (χ1v) is 4.96. The lowest BCUT2D eigenvalue weighted by atomic mass is 10.2. The number of carbonyl (C=O) groups excluding carboxylic acids is 1. The smallest absolute Gasteiger partial charge is 0.250 e. The first kappa shape index (κ1) is 11.5.